The van der Waals surface area contributed by atoms with Gasteiger partial charge in [-0.1, -0.05) is 30.3 Å². The Morgan fingerprint density at radius 3 is 2.50 bits per heavy atom. The molecule has 1 fully saturated rings. The van der Waals surface area contributed by atoms with E-state index in [0.29, 0.717) is 5.39 Å². The van der Waals surface area contributed by atoms with Gasteiger partial charge in [0.05, 0.1) is 5.52 Å². The standard InChI is InChI=1S/C24H25N3O3/c1-16-13-19-21(8-7-18-22(19)27(16)15-20(23(18)28)24(29)30)26-11-9-25(10-12-26)14-17-5-3-2-4-6-17/h2-8,15-16H,9-14H2,1H3,(H,29,30). The number of nitrogens with zero attached hydrogens (tertiary/aromatic N) is 3. The Morgan fingerprint density at radius 2 is 1.80 bits per heavy atom. The number of anilines is 1. The van der Waals surface area contributed by atoms with Gasteiger partial charge in [0.2, 0.25) is 5.43 Å². The number of carboxylic acids is 1. The average molecular weight is 403 g/mol. The number of aromatic nitrogens is 1. The van der Waals surface area contributed by atoms with Crippen LogP contribution in [0, 0.1) is 0 Å². The van der Waals surface area contributed by atoms with Crippen molar-refractivity contribution < 1.29 is 9.90 Å². The molecule has 6 nitrogen and oxygen atoms in total. The number of pyridine rings is 1. The monoisotopic (exact) mass is 403 g/mol. The number of carbonyl (C=O) groups is 1. The molecule has 0 bridgehead atoms. The molecule has 1 saturated heterocycles. The zero-order valence-electron chi connectivity index (χ0n) is 17.0. The van der Waals surface area contributed by atoms with Gasteiger partial charge in [-0.2, -0.15) is 0 Å². The number of aromatic carboxylic acids is 1. The van der Waals surface area contributed by atoms with Crippen LogP contribution in [0.1, 0.15) is 34.5 Å². The molecule has 1 unspecified atom stereocenters. The number of rotatable bonds is 4. The van der Waals surface area contributed by atoms with Gasteiger partial charge >= 0.3 is 5.97 Å². The normalized spacial score (nSPS) is 18.8. The van der Waals surface area contributed by atoms with Crippen LogP contribution in [-0.4, -0.2) is 46.7 Å². The molecule has 0 saturated carbocycles. The SMILES string of the molecule is CC1Cc2c(N3CCN(Cc4ccccc4)CC3)ccc3c(=O)c(C(=O)O)cn1c23. The highest BCUT2D eigenvalue weighted by Gasteiger charge is 2.29. The molecule has 0 spiro atoms. The lowest BCUT2D eigenvalue weighted by molar-refractivity contribution is 0.0695. The Morgan fingerprint density at radius 1 is 1.07 bits per heavy atom. The van der Waals surface area contributed by atoms with Gasteiger partial charge in [0.1, 0.15) is 5.56 Å². The Hall–Kier alpha value is -3.12. The van der Waals surface area contributed by atoms with E-state index in [-0.39, 0.29) is 17.0 Å². The van der Waals surface area contributed by atoms with Gasteiger partial charge in [-0.15, -0.1) is 0 Å². The lowest BCUT2D eigenvalue weighted by Gasteiger charge is -2.37. The van der Waals surface area contributed by atoms with E-state index in [1.165, 1.54) is 23.0 Å². The highest BCUT2D eigenvalue weighted by atomic mass is 16.4. The lowest BCUT2D eigenvalue weighted by atomic mass is 10.0. The van der Waals surface area contributed by atoms with Crippen molar-refractivity contribution >= 4 is 22.6 Å². The first kappa shape index (κ1) is 18.9. The van der Waals surface area contributed by atoms with Gasteiger partial charge in [0.25, 0.3) is 0 Å². The van der Waals surface area contributed by atoms with Gasteiger partial charge < -0.3 is 14.6 Å². The van der Waals surface area contributed by atoms with Crippen LogP contribution in [-0.2, 0) is 13.0 Å². The van der Waals surface area contributed by atoms with Crippen LogP contribution < -0.4 is 10.3 Å². The molecule has 1 atom stereocenters. The second-order valence-electron chi connectivity index (χ2n) is 8.35. The summed E-state index contributed by atoms with van der Waals surface area (Å²) in [6, 6.07) is 14.5. The van der Waals surface area contributed by atoms with E-state index in [0.717, 1.165) is 44.7 Å². The smallest absolute Gasteiger partial charge is 0.341 e. The summed E-state index contributed by atoms with van der Waals surface area (Å²) in [5.74, 6) is -1.16. The molecule has 3 aromatic rings. The molecule has 0 aliphatic carbocycles. The highest BCUT2D eigenvalue weighted by Crippen LogP contribution is 2.38. The van der Waals surface area contributed by atoms with Crippen LogP contribution in [0.3, 0.4) is 0 Å². The molecule has 0 radical (unpaired) electrons. The quantitative estimate of drug-likeness (QED) is 0.725. The third kappa shape index (κ3) is 3.08. The minimum absolute atomic E-state index is 0.140. The van der Waals surface area contributed by atoms with Gasteiger partial charge in [-0.05, 0) is 31.0 Å². The predicted octanol–water partition coefficient (Wildman–Crippen LogP) is 3.14. The van der Waals surface area contributed by atoms with Gasteiger partial charge in [0.15, 0.2) is 0 Å². The van der Waals surface area contributed by atoms with Crippen molar-refractivity contribution in [2.75, 3.05) is 31.1 Å². The topological polar surface area (TPSA) is 65.8 Å². The maximum atomic E-state index is 12.7. The summed E-state index contributed by atoms with van der Waals surface area (Å²) in [4.78, 5) is 29.1. The molecule has 2 aromatic carbocycles. The summed E-state index contributed by atoms with van der Waals surface area (Å²) in [5.41, 5.74) is 4.06. The van der Waals surface area contributed by atoms with Crippen LogP contribution in [0.25, 0.3) is 10.9 Å². The van der Waals surface area contributed by atoms with E-state index in [1.807, 2.05) is 22.8 Å². The molecule has 1 aromatic heterocycles. The molecular weight excluding hydrogens is 378 g/mol. The molecule has 6 heteroatoms. The second-order valence-corrected chi connectivity index (χ2v) is 8.35. The summed E-state index contributed by atoms with van der Waals surface area (Å²) in [6.07, 6.45) is 2.34. The maximum absolute atomic E-state index is 12.7. The molecular formula is C24H25N3O3. The first-order valence-corrected chi connectivity index (χ1v) is 10.5. The lowest BCUT2D eigenvalue weighted by Crippen LogP contribution is -2.46. The first-order chi connectivity index (χ1) is 14.5. The van der Waals surface area contributed by atoms with Crippen molar-refractivity contribution in [1.29, 1.82) is 0 Å². The van der Waals surface area contributed by atoms with Crippen molar-refractivity contribution in [3.05, 3.63) is 75.6 Å². The third-order valence-electron chi connectivity index (χ3n) is 6.44. The Balaban J connectivity index is 1.43. The third-order valence-corrected chi connectivity index (χ3v) is 6.44. The van der Waals surface area contributed by atoms with E-state index < -0.39 is 5.97 Å². The summed E-state index contributed by atoms with van der Waals surface area (Å²) < 4.78 is 1.98. The molecule has 2 aliphatic heterocycles. The second kappa shape index (κ2) is 7.29. The molecule has 0 amide bonds. The van der Waals surface area contributed by atoms with Crippen molar-refractivity contribution in [3.8, 4) is 0 Å². The fourth-order valence-corrected chi connectivity index (χ4v) is 4.89. The fourth-order valence-electron chi connectivity index (χ4n) is 4.89. The molecule has 5 rings (SSSR count). The average Bonchev–Trinajstić information content (AvgIpc) is 3.08. The van der Waals surface area contributed by atoms with Crippen LogP contribution in [0.15, 0.2) is 53.5 Å². The Labute approximate surface area is 175 Å². The zero-order chi connectivity index (χ0) is 20.8. The van der Waals surface area contributed by atoms with Crippen LogP contribution in [0.4, 0.5) is 5.69 Å². The van der Waals surface area contributed by atoms with Crippen molar-refractivity contribution in [2.45, 2.75) is 25.9 Å². The fraction of sp³-hybridized carbons (Fsp3) is 0.333. The molecule has 30 heavy (non-hydrogen) atoms. The van der Waals surface area contributed by atoms with E-state index in [2.05, 4.69) is 41.0 Å². The number of piperazine rings is 1. The largest absolute Gasteiger partial charge is 0.477 e. The minimum Gasteiger partial charge on any atom is -0.477 e. The van der Waals surface area contributed by atoms with E-state index in [9.17, 15) is 14.7 Å². The zero-order valence-corrected chi connectivity index (χ0v) is 17.0. The maximum Gasteiger partial charge on any atom is 0.341 e. The number of carboxylic acid groups (broad SMARTS) is 1. The van der Waals surface area contributed by atoms with E-state index in [1.54, 1.807) is 0 Å². The number of hydrogen-bond donors (Lipinski definition) is 1. The van der Waals surface area contributed by atoms with E-state index >= 15 is 0 Å². The van der Waals surface area contributed by atoms with Crippen LogP contribution >= 0.6 is 0 Å². The van der Waals surface area contributed by atoms with Crippen molar-refractivity contribution in [1.82, 2.24) is 9.47 Å². The summed E-state index contributed by atoms with van der Waals surface area (Å²) in [7, 11) is 0. The number of hydrogen-bond acceptors (Lipinski definition) is 4. The highest BCUT2D eigenvalue weighted by molar-refractivity contribution is 5.95. The molecule has 1 N–H and O–H groups in total. The first-order valence-electron chi connectivity index (χ1n) is 10.5. The summed E-state index contributed by atoms with van der Waals surface area (Å²) >= 11 is 0. The minimum atomic E-state index is -1.16. The molecule has 154 valence electrons. The Kier molecular flexibility index (Phi) is 4.59. The summed E-state index contributed by atoms with van der Waals surface area (Å²) in [5, 5.41) is 9.93. The van der Waals surface area contributed by atoms with Crippen LogP contribution in [0.2, 0.25) is 0 Å². The predicted molar refractivity (Wildman–Crippen MR) is 118 cm³/mol. The van der Waals surface area contributed by atoms with E-state index in [4.69, 9.17) is 0 Å². The van der Waals surface area contributed by atoms with Crippen LogP contribution in [0.5, 0.6) is 0 Å². The van der Waals surface area contributed by atoms with Gasteiger partial charge in [0, 0.05) is 61.6 Å². The summed E-state index contributed by atoms with van der Waals surface area (Å²) in [6.45, 7) is 6.92. The van der Waals surface area contributed by atoms with Crippen molar-refractivity contribution in [3.63, 3.8) is 0 Å². The Bertz CT molecular complexity index is 1180. The number of benzene rings is 2. The van der Waals surface area contributed by atoms with Gasteiger partial charge in [-0.3, -0.25) is 9.69 Å². The molecule has 2 aliphatic rings. The van der Waals surface area contributed by atoms with Gasteiger partial charge in [-0.25, -0.2) is 4.79 Å². The van der Waals surface area contributed by atoms with Crippen molar-refractivity contribution in [2.24, 2.45) is 0 Å². The molecule has 3 heterocycles.